The van der Waals surface area contributed by atoms with Crippen LogP contribution >= 0.6 is 15.9 Å². The van der Waals surface area contributed by atoms with Crippen molar-refractivity contribution >= 4 is 15.9 Å². The van der Waals surface area contributed by atoms with Gasteiger partial charge in [0.2, 0.25) is 0 Å². The first-order chi connectivity index (χ1) is 5.65. The van der Waals surface area contributed by atoms with E-state index in [2.05, 4.69) is 15.9 Å². The first-order valence-corrected chi connectivity index (χ1v) is 4.46. The van der Waals surface area contributed by atoms with Gasteiger partial charge in [0, 0.05) is 10.9 Å². The van der Waals surface area contributed by atoms with Gasteiger partial charge in [0.25, 0.3) is 0 Å². The average molecular weight is 237 g/mol. The fourth-order valence-electron chi connectivity index (χ4n) is 0.853. The maximum atomic E-state index is 12.9. The summed E-state index contributed by atoms with van der Waals surface area (Å²) in [4.78, 5) is 0. The van der Waals surface area contributed by atoms with Crippen LogP contribution in [-0.4, -0.2) is 10.4 Å². The van der Waals surface area contributed by atoms with Gasteiger partial charge >= 0.3 is 0 Å². The number of aliphatic hydroxyl groups excluding tert-OH is 1. The molecule has 0 aliphatic carbocycles. The third-order valence-corrected chi connectivity index (χ3v) is 2.08. The molecule has 0 bridgehead atoms. The van der Waals surface area contributed by atoms with E-state index in [1.54, 1.807) is 0 Å². The Morgan fingerprint density at radius 3 is 2.67 bits per heavy atom. The number of aliphatic hydroxyl groups is 1. The van der Waals surface area contributed by atoms with Gasteiger partial charge in [0.05, 0.1) is 6.10 Å². The molecule has 1 aromatic carbocycles. The van der Waals surface area contributed by atoms with E-state index in [-0.39, 0.29) is 10.9 Å². The van der Waals surface area contributed by atoms with Crippen LogP contribution in [0.2, 0.25) is 0 Å². The van der Waals surface area contributed by atoms with Gasteiger partial charge in [0.1, 0.15) is 11.6 Å². The SMILES string of the molecule is O[C@H](CBr)c1cc(F)ccc1F. The molecule has 0 amide bonds. The zero-order chi connectivity index (χ0) is 9.14. The quantitative estimate of drug-likeness (QED) is 0.783. The smallest absolute Gasteiger partial charge is 0.129 e. The molecule has 1 aromatic rings. The number of halogens is 3. The number of benzene rings is 1. The highest BCUT2D eigenvalue weighted by atomic mass is 79.9. The van der Waals surface area contributed by atoms with E-state index in [0.29, 0.717) is 0 Å². The van der Waals surface area contributed by atoms with Gasteiger partial charge in [-0.1, -0.05) is 15.9 Å². The molecule has 0 saturated heterocycles. The molecule has 0 aliphatic rings. The molecule has 0 aliphatic heterocycles. The fourth-order valence-corrected chi connectivity index (χ4v) is 1.20. The first kappa shape index (κ1) is 9.61. The van der Waals surface area contributed by atoms with Crippen LogP contribution in [-0.2, 0) is 0 Å². The second kappa shape index (κ2) is 3.96. The molecule has 0 heterocycles. The highest BCUT2D eigenvalue weighted by Gasteiger charge is 2.11. The van der Waals surface area contributed by atoms with Crippen molar-refractivity contribution in [3.05, 3.63) is 35.4 Å². The van der Waals surface area contributed by atoms with Crippen molar-refractivity contribution in [2.45, 2.75) is 6.10 Å². The number of rotatable bonds is 2. The number of hydrogen-bond donors (Lipinski definition) is 1. The summed E-state index contributed by atoms with van der Waals surface area (Å²) in [7, 11) is 0. The summed E-state index contributed by atoms with van der Waals surface area (Å²) in [6.45, 7) is 0. The van der Waals surface area contributed by atoms with Gasteiger partial charge < -0.3 is 5.11 Å². The third-order valence-electron chi connectivity index (χ3n) is 1.46. The minimum atomic E-state index is -0.999. The summed E-state index contributed by atoms with van der Waals surface area (Å²) < 4.78 is 25.4. The summed E-state index contributed by atoms with van der Waals surface area (Å²) in [5.74, 6) is -1.14. The molecule has 66 valence electrons. The summed E-state index contributed by atoms with van der Waals surface area (Å²) >= 11 is 2.97. The van der Waals surface area contributed by atoms with Gasteiger partial charge in [0.15, 0.2) is 0 Å². The second-order valence-corrected chi connectivity index (χ2v) is 2.98. The van der Waals surface area contributed by atoms with Crippen molar-refractivity contribution in [1.29, 1.82) is 0 Å². The molecular weight excluding hydrogens is 230 g/mol. The van der Waals surface area contributed by atoms with Crippen LogP contribution in [0, 0.1) is 11.6 Å². The van der Waals surface area contributed by atoms with Crippen LogP contribution in [0.1, 0.15) is 11.7 Å². The summed E-state index contributed by atoms with van der Waals surface area (Å²) in [6, 6.07) is 3.00. The van der Waals surface area contributed by atoms with E-state index in [9.17, 15) is 13.9 Å². The lowest BCUT2D eigenvalue weighted by molar-refractivity contribution is 0.199. The molecular formula is C8H7BrF2O. The van der Waals surface area contributed by atoms with Crippen molar-refractivity contribution in [3.63, 3.8) is 0 Å². The van der Waals surface area contributed by atoms with Crippen molar-refractivity contribution in [2.24, 2.45) is 0 Å². The lowest BCUT2D eigenvalue weighted by Crippen LogP contribution is -2.02. The van der Waals surface area contributed by atoms with Gasteiger partial charge in [-0.15, -0.1) is 0 Å². The maximum Gasteiger partial charge on any atom is 0.129 e. The molecule has 0 spiro atoms. The minimum absolute atomic E-state index is 0.0214. The van der Waals surface area contributed by atoms with Crippen LogP contribution in [0.4, 0.5) is 8.78 Å². The van der Waals surface area contributed by atoms with Gasteiger partial charge in [-0.2, -0.15) is 0 Å². The van der Waals surface area contributed by atoms with Crippen molar-refractivity contribution in [2.75, 3.05) is 5.33 Å². The van der Waals surface area contributed by atoms with Crippen molar-refractivity contribution < 1.29 is 13.9 Å². The summed E-state index contributed by atoms with van der Waals surface area (Å²) in [5.41, 5.74) is -0.0214. The maximum absolute atomic E-state index is 12.9. The summed E-state index contributed by atoms with van der Waals surface area (Å²) in [6.07, 6.45) is -0.999. The molecule has 0 unspecified atom stereocenters. The van der Waals surface area contributed by atoms with E-state index < -0.39 is 17.7 Å². The van der Waals surface area contributed by atoms with Crippen LogP contribution in [0.25, 0.3) is 0 Å². The Morgan fingerprint density at radius 2 is 2.08 bits per heavy atom. The van der Waals surface area contributed by atoms with Crippen LogP contribution in [0.5, 0.6) is 0 Å². The predicted octanol–water partition coefficient (Wildman–Crippen LogP) is 2.39. The second-order valence-electron chi connectivity index (χ2n) is 2.34. The Labute approximate surface area is 77.2 Å². The van der Waals surface area contributed by atoms with Gasteiger partial charge in [-0.05, 0) is 18.2 Å². The van der Waals surface area contributed by atoms with E-state index in [1.165, 1.54) is 0 Å². The van der Waals surface area contributed by atoms with E-state index in [0.717, 1.165) is 18.2 Å². The lowest BCUT2D eigenvalue weighted by Gasteiger charge is -2.07. The highest BCUT2D eigenvalue weighted by Crippen LogP contribution is 2.19. The molecule has 12 heavy (non-hydrogen) atoms. The molecule has 0 saturated carbocycles. The summed E-state index contributed by atoms with van der Waals surface area (Å²) in [5, 5.41) is 9.37. The van der Waals surface area contributed by atoms with E-state index in [4.69, 9.17) is 0 Å². The molecule has 4 heteroatoms. The molecule has 0 radical (unpaired) electrons. The van der Waals surface area contributed by atoms with Gasteiger partial charge in [-0.25, -0.2) is 8.78 Å². The predicted molar refractivity (Wildman–Crippen MR) is 45.1 cm³/mol. The Bertz CT molecular complexity index is 278. The molecule has 1 atom stereocenters. The van der Waals surface area contributed by atoms with E-state index >= 15 is 0 Å². The Hall–Kier alpha value is -0.480. The van der Waals surface area contributed by atoms with Gasteiger partial charge in [-0.3, -0.25) is 0 Å². The molecule has 1 N–H and O–H groups in total. The molecule has 1 rings (SSSR count). The highest BCUT2D eigenvalue weighted by molar-refractivity contribution is 9.09. The minimum Gasteiger partial charge on any atom is -0.387 e. The molecule has 0 aromatic heterocycles. The monoisotopic (exact) mass is 236 g/mol. The standard InChI is InChI=1S/C8H7BrF2O/c9-4-8(12)6-3-5(10)1-2-7(6)11/h1-3,8,12H,4H2/t8-/m1/s1. The topological polar surface area (TPSA) is 20.2 Å². The normalized spacial score (nSPS) is 13.0. The first-order valence-electron chi connectivity index (χ1n) is 3.34. The lowest BCUT2D eigenvalue weighted by atomic mass is 10.1. The largest absolute Gasteiger partial charge is 0.387 e. The van der Waals surface area contributed by atoms with Crippen molar-refractivity contribution in [1.82, 2.24) is 0 Å². The van der Waals surface area contributed by atoms with Crippen LogP contribution < -0.4 is 0 Å². The van der Waals surface area contributed by atoms with Crippen LogP contribution in [0.3, 0.4) is 0 Å². The zero-order valence-electron chi connectivity index (χ0n) is 6.10. The third kappa shape index (κ3) is 2.01. The Kier molecular flexibility index (Phi) is 3.17. The molecule has 1 nitrogen and oxygen atoms in total. The molecule has 0 fully saturated rings. The van der Waals surface area contributed by atoms with E-state index in [1.807, 2.05) is 0 Å². The van der Waals surface area contributed by atoms with Crippen LogP contribution in [0.15, 0.2) is 18.2 Å². The van der Waals surface area contributed by atoms with Crippen molar-refractivity contribution in [3.8, 4) is 0 Å². The average Bonchev–Trinajstić information content (AvgIpc) is 2.08. The number of hydrogen-bond acceptors (Lipinski definition) is 1. The number of alkyl halides is 1. The zero-order valence-corrected chi connectivity index (χ0v) is 7.68. The fraction of sp³-hybridized carbons (Fsp3) is 0.250. The Balaban J connectivity index is 3.04. The Morgan fingerprint density at radius 1 is 1.42 bits per heavy atom.